The largest absolute Gasteiger partial charge is 0.353 e. The monoisotopic (exact) mass is 259 g/mol. The summed E-state index contributed by atoms with van der Waals surface area (Å²) in [5.41, 5.74) is 1.34. The summed E-state index contributed by atoms with van der Waals surface area (Å²) in [6, 6.07) is 5.39. The zero-order chi connectivity index (χ0) is 13.2. The molecule has 3 atom stereocenters. The molecule has 1 aliphatic carbocycles. The molecule has 0 bridgehead atoms. The predicted octanol–water partition coefficient (Wildman–Crippen LogP) is 3.13. The Balaban J connectivity index is 1.92. The van der Waals surface area contributed by atoms with Crippen molar-refractivity contribution >= 4 is 5.82 Å². The van der Waals surface area contributed by atoms with E-state index in [1.807, 2.05) is 13.2 Å². The second-order valence-corrected chi connectivity index (χ2v) is 6.02. The third kappa shape index (κ3) is 2.36. The third-order valence-electron chi connectivity index (χ3n) is 4.98. The highest BCUT2D eigenvalue weighted by Gasteiger charge is 2.36. The minimum Gasteiger partial charge on any atom is -0.353 e. The highest BCUT2D eigenvalue weighted by Crippen LogP contribution is 2.40. The van der Waals surface area contributed by atoms with E-state index in [2.05, 4.69) is 29.3 Å². The third-order valence-corrected chi connectivity index (χ3v) is 4.98. The molecule has 3 nitrogen and oxygen atoms in total. The van der Waals surface area contributed by atoms with Crippen molar-refractivity contribution in [1.82, 2.24) is 10.3 Å². The molecule has 1 saturated heterocycles. The first-order chi connectivity index (χ1) is 9.31. The van der Waals surface area contributed by atoms with Crippen LogP contribution in [0.5, 0.6) is 0 Å². The normalized spacial score (nSPS) is 28.2. The van der Waals surface area contributed by atoms with Gasteiger partial charge in [-0.2, -0.15) is 0 Å². The maximum absolute atomic E-state index is 4.72. The fourth-order valence-electron chi connectivity index (χ4n) is 3.86. The van der Waals surface area contributed by atoms with E-state index in [1.54, 1.807) is 0 Å². The van der Waals surface area contributed by atoms with Gasteiger partial charge in [0.05, 0.1) is 0 Å². The van der Waals surface area contributed by atoms with E-state index >= 15 is 0 Å². The zero-order valence-electron chi connectivity index (χ0n) is 12.1. The van der Waals surface area contributed by atoms with Gasteiger partial charge in [0.1, 0.15) is 5.82 Å². The molecule has 1 aromatic rings. The summed E-state index contributed by atoms with van der Waals surface area (Å²) in [7, 11) is 2.02. The van der Waals surface area contributed by atoms with Crippen LogP contribution in [0.1, 0.15) is 50.6 Å². The van der Waals surface area contributed by atoms with Gasteiger partial charge < -0.3 is 10.2 Å². The summed E-state index contributed by atoms with van der Waals surface area (Å²) in [5, 5.41) is 3.35. The number of fused-ring (bicyclic) bond motifs is 1. The molecule has 1 aromatic heterocycles. The number of hydrogen-bond donors (Lipinski definition) is 1. The second-order valence-electron chi connectivity index (χ2n) is 6.02. The molecule has 3 unspecified atom stereocenters. The first-order valence-electron chi connectivity index (χ1n) is 7.70. The number of aromatic nitrogens is 1. The molecular weight excluding hydrogens is 234 g/mol. The second kappa shape index (κ2) is 5.49. The number of anilines is 1. The molecule has 0 radical (unpaired) electrons. The lowest BCUT2D eigenvalue weighted by atomic mass is 9.91. The minimum absolute atomic E-state index is 0.366. The molecule has 3 rings (SSSR count). The lowest BCUT2D eigenvalue weighted by Crippen LogP contribution is -2.43. The maximum Gasteiger partial charge on any atom is 0.133 e. The lowest BCUT2D eigenvalue weighted by molar-refractivity contribution is 0.359. The number of hydrogen-bond acceptors (Lipinski definition) is 3. The molecule has 2 fully saturated rings. The molecule has 104 valence electrons. The maximum atomic E-state index is 4.72. The molecule has 1 aliphatic heterocycles. The van der Waals surface area contributed by atoms with Crippen molar-refractivity contribution in [2.75, 3.05) is 18.5 Å². The van der Waals surface area contributed by atoms with Crippen molar-refractivity contribution in [2.45, 2.75) is 51.1 Å². The Kier molecular flexibility index (Phi) is 3.74. The Bertz CT molecular complexity index is 432. The van der Waals surface area contributed by atoms with Crippen LogP contribution in [0.4, 0.5) is 5.82 Å². The molecule has 19 heavy (non-hydrogen) atoms. The van der Waals surface area contributed by atoms with Crippen LogP contribution in [0, 0.1) is 5.92 Å². The van der Waals surface area contributed by atoms with Crippen molar-refractivity contribution in [2.24, 2.45) is 5.92 Å². The smallest absolute Gasteiger partial charge is 0.133 e. The van der Waals surface area contributed by atoms with Crippen LogP contribution in [0.3, 0.4) is 0 Å². The summed E-state index contributed by atoms with van der Waals surface area (Å²) >= 11 is 0. The first-order valence-corrected chi connectivity index (χ1v) is 7.70. The van der Waals surface area contributed by atoms with Crippen LogP contribution in [0.2, 0.25) is 0 Å². The molecule has 0 aromatic carbocycles. The van der Waals surface area contributed by atoms with E-state index in [9.17, 15) is 0 Å². The van der Waals surface area contributed by atoms with E-state index in [-0.39, 0.29) is 0 Å². The van der Waals surface area contributed by atoms with Crippen molar-refractivity contribution in [3.63, 3.8) is 0 Å². The Morgan fingerprint density at radius 2 is 2.16 bits per heavy atom. The van der Waals surface area contributed by atoms with E-state index in [0.717, 1.165) is 12.0 Å². The molecule has 0 spiro atoms. The van der Waals surface area contributed by atoms with Crippen LogP contribution in [-0.4, -0.2) is 24.6 Å². The average Bonchev–Trinajstić information content (AvgIpc) is 2.94. The summed E-state index contributed by atoms with van der Waals surface area (Å²) in [5.74, 6) is 2.13. The number of pyridine rings is 1. The minimum atomic E-state index is 0.366. The Morgan fingerprint density at radius 3 is 3.00 bits per heavy atom. The summed E-state index contributed by atoms with van der Waals surface area (Å²) in [6.07, 6.45) is 8.87. The average molecular weight is 259 g/mol. The van der Waals surface area contributed by atoms with Gasteiger partial charge in [0.2, 0.25) is 0 Å². The van der Waals surface area contributed by atoms with Gasteiger partial charge in [0, 0.05) is 30.4 Å². The van der Waals surface area contributed by atoms with Gasteiger partial charge in [-0.05, 0) is 51.6 Å². The van der Waals surface area contributed by atoms with Crippen LogP contribution in [0.25, 0.3) is 0 Å². The summed E-state index contributed by atoms with van der Waals surface area (Å²) in [6.45, 7) is 3.40. The SMILES string of the molecule is CNC(C)c1cccnc1N1CCCC2CCCC21. The lowest BCUT2D eigenvalue weighted by Gasteiger charge is -2.40. The van der Waals surface area contributed by atoms with E-state index in [1.165, 1.54) is 50.0 Å². The molecule has 2 aliphatic rings. The van der Waals surface area contributed by atoms with Gasteiger partial charge in [0.25, 0.3) is 0 Å². The Morgan fingerprint density at radius 1 is 1.32 bits per heavy atom. The van der Waals surface area contributed by atoms with Gasteiger partial charge in [0.15, 0.2) is 0 Å². The standard InChI is InChI=1S/C16H25N3/c1-12(17-2)14-8-4-10-18-16(14)19-11-5-7-13-6-3-9-15(13)19/h4,8,10,12-13,15,17H,3,5-7,9,11H2,1-2H3. The Hall–Kier alpha value is -1.09. The molecule has 0 amide bonds. The van der Waals surface area contributed by atoms with Crippen molar-refractivity contribution in [3.8, 4) is 0 Å². The quantitative estimate of drug-likeness (QED) is 0.904. The van der Waals surface area contributed by atoms with E-state index in [0.29, 0.717) is 6.04 Å². The topological polar surface area (TPSA) is 28.2 Å². The van der Waals surface area contributed by atoms with E-state index < -0.39 is 0 Å². The van der Waals surface area contributed by atoms with Gasteiger partial charge in [-0.25, -0.2) is 4.98 Å². The fourth-order valence-corrected chi connectivity index (χ4v) is 3.86. The van der Waals surface area contributed by atoms with Crippen LogP contribution in [0.15, 0.2) is 18.3 Å². The van der Waals surface area contributed by atoms with Gasteiger partial charge >= 0.3 is 0 Å². The van der Waals surface area contributed by atoms with Crippen molar-refractivity contribution < 1.29 is 0 Å². The van der Waals surface area contributed by atoms with Crippen molar-refractivity contribution in [3.05, 3.63) is 23.9 Å². The zero-order valence-corrected chi connectivity index (χ0v) is 12.1. The van der Waals surface area contributed by atoms with Crippen LogP contribution in [-0.2, 0) is 0 Å². The van der Waals surface area contributed by atoms with Crippen LogP contribution >= 0.6 is 0 Å². The van der Waals surface area contributed by atoms with Crippen molar-refractivity contribution in [1.29, 1.82) is 0 Å². The predicted molar refractivity (Wildman–Crippen MR) is 79.4 cm³/mol. The van der Waals surface area contributed by atoms with Gasteiger partial charge in [-0.15, -0.1) is 0 Å². The molecule has 2 heterocycles. The Labute approximate surface area is 116 Å². The fraction of sp³-hybridized carbons (Fsp3) is 0.688. The highest BCUT2D eigenvalue weighted by molar-refractivity contribution is 5.50. The summed E-state index contributed by atoms with van der Waals surface area (Å²) < 4.78 is 0. The number of piperidine rings is 1. The first kappa shape index (κ1) is 12.9. The highest BCUT2D eigenvalue weighted by atomic mass is 15.2. The molecule has 3 heteroatoms. The van der Waals surface area contributed by atoms with Crippen LogP contribution < -0.4 is 10.2 Å². The molecule has 1 N–H and O–H groups in total. The van der Waals surface area contributed by atoms with E-state index in [4.69, 9.17) is 4.98 Å². The number of rotatable bonds is 3. The number of nitrogens with one attached hydrogen (secondary N) is 1. The van der Waals surface area contributed by atoms with Gasteiger partial charge in [-0.3, -0.25) is 0 Å². The number of nitrogens with zero attached hydrogens (tertiary/aromatic N) is 2. The van der Waals surface area contributed by atoms with Gasteiger partial charge in [-0.1, -0.05) is 12.5 Å². The molecule has 1 saturated carbocycles. The molecular formula is C16H25N3. The summed E-state index contributed by atoms with van der Waals surface area (Å²) in [4.78, 5) is 7.32.